The Hall–Kier alpha value is -2.35. The van der Waals surface area contributed by atoms with Gasteiger partial charge in [-0.25, -0.2) is 4.39 Å². The van der Waals surface area contributed by atoms with Crippen LogP contribution in [-0.2, 0) is 28.3 Å². The van der Waals surface area contributed by atoms with Gasteiger partial charge in [0, 0.05) is 39.8 Å². The maximum Gasteiger partial charge on any atom is 0.243 e. The van der Waals surface area contributed by atoms with Gasteiger partial charge >= 0.3 is 0 Å². The van der Waals surface area contributed by atoms with Gasteiger partial charge < -0.3 is 10.2 Å². The van der Waals surface area contributed by atoms with Crippen LogP contribution in [0.2, 0.25) is 5.02 Å². The van der Waals surface area contributed by atoms with E-state index in [1.165, 1.54) is 24.2 Å². The summed E-state index contributed by atoms with van der Waals surface area (Å²) < 4.78 is 15.2. The second-order valence-electron chi connectivity index (χ2n) is 9.89. The van der Waals surface area contributed by atoms with Gasteiger partial charge in [0.2, 0.25) is 11.8 Å². The number of thioether (sulfide) groups is 1. The molecule has 0 unspecified atom stereocenters. The van der Waals surface area contributed by atoms with Crippen LogP contribution in [-0.4, -0.2) is 34.6 Å². The highest BCUT2D eigenvalue weighted by Gasteiger charge is 2.32. The number of benzene rings is 3. The number of nitrogens with one attached hydrogen (secondary N) is 1. The first-order valence-electron chi connectivity index (χ1n) is 13.3. The van der Waals surface area contributed by atoms with Gasteiger partial charge in [-0.1, -0.05) is 95.3 Å². The van der Waals surface area contributed by atoms with E-state index >= 15 is 0 Å². The Morgan fingerprint density at radius 2 is 1.69 bits per heavy atom. The summed E-state index contributed by atoms with van der Waals surface area (Å²) in [6.07, 6.45) is 5.73. The predicted molar refractivity (Wildman–Crippen MR) is 161 cm³/mol. The average molecular weight is 632 g/mol. The van der Waals surface area contributed by atoms with E-state index in [0.29, 0.717) is 23.6 Å². The second kappa shape index (κ2) is 14.9. The lowest BCUT2D eigenvalue weighted by atomic mass is 9.94. The van der Waals surface area contributed by atoms with Gasteiger partial charge in [0.1, 0.15) is 11.9 Å². The molecular formula is C31H33BrClFN2O2S. The van der Waals surface area contributed by atoms with Gasteiger partial charge in [-0.3, -0.25) is 9.59 Å². The molecule has 1 atom stereocenters. The number of nitrogens with zero attached hydrogens (tertiary/aromatic N) is 1. The first kappa shape index (κ1) is 29.6. The maximum absolute atomic E-state index is 14.3. The zero-order valence-corrected chi connectivity index (χ0v) is 24.9. The molecule has 4 nitrogen and oxygen atoms in total. The van der Waals surface area contributed by atoms with E-state index in [1.807, 2.05) is 54.6 Å². The zero-order chi connectivity index (χ0) is 27.6. The first-order valence-corrected chi connectivity index (χ1v) is 15.6. The highest BCUT2D eigenvalue weighted by Crippen LogP contribution is 2.25. The molecule has 0 bridgehead atoms. The van der Waals surface area contributed by atoms with E-state index in [-0.39, 0.29) is 35.2 Å². The van der Waals surface area contributed by atoms with Crippen LogP contribution < -0.4 is 5.32 Å². The van der Waals surface area contributed by atoms with Crippen molar-refractivity contribution in [1.29, 1.82) is 0 Å². The summed E-state index contributed by atoms with van der Waals surface area (Å²) in [4.78, 5) is 29.3. The van der Waals surface area contributed by atoms with E-state index in [9.17, 15) is 14.0 Å². The lowest BCUT2D eigenvalue weighted by Crippen LogP contribution is -2.53. The number of rotatable bonds is 11. The predicted octanol–water partition coefficient (Wildman–Crippen LogP) is 7.56. The fourth-order valence-corrected chi connectivity index (χ4v) is 6.39. The maximum atomic E-state index is 14.3. The molecule has 2 amide bonds. The zero-order valence-electron chi connectivity index (χ0n) is 21.8. The van der Waals surface area contributed by atoms with Crippen LogP contribution in [0.5, 0.6) is 0 Å². The molecule has 0 radical (unpaired) electrons. The minimum atomic E-state index is -0.678. The molecule has 206 valence electrons. The summed E-state index contributed by atoms with van der Waals surface area (Å²) in [5.74, 6) is -0.319. The third-order valence-corrected chi connectivity index (χ3v) is 8.85. The fourth-order valence-electron chi connectivity index (χ4n) is 4.88. The summed E-state index contributed by atoms with van der Waals surface area (Å²) in [5.41, 5.74) is 2.30. The van der Waals surface area contributed by atoms with E-state index in [4.69, 9.17) is 11.6 Å². The van der Waals surface area contributed by atoms with Crippen molar-refractivity contribution in [2.45, 2.75) is 62.9 Å². The molecule has 0 saturated heterocycles. The lowest BCUT2D eigenvalue weighted by Gasteiger charge is -2.33. The number of halogens is 3. The Kier molecular flexibility index (Phi) is 11.3. The van der Waals surface area contributed by atoms with Crippen molar-refractivity contribution in [3.05, 3.63) is 105 Å². The number of hydrogen-bond acceptors (Lipinski definition) is 3. The van der Waals surface area contributed by atoms with E-state index < -0.39 is 6.04 Å². The Morgan fingerprint density at radius 3 is 2.38 bits per heavy atom. The molecule has 1 aliphatic rings. The monoisotopic (exact) mass is 630 g/mol. The molecule has 39 heavy (non-hydrogen) atoms. The van der Waals surface area contributed by atoms with Gasteiger partial charge in [-0.2, -0.15) is 0 Å². The third-order valence-electron chi connectivity index (χ3n) is 7.02. The van der Waals surface area contributed by atoms with Crippen molar-refractivity contribution in [2.75, 3.05) is 5.75 Å². The Morgan fingerprint density at radius 1 is 0.974 bits per heavy atom. The van der Waals surface area contributed by atoms with Crippen molar-refractivity contribution in [3.8, 4) is 0 Å². The Bertz CT molecular complexity index is 1220. The molecule has 0 spiro atoms. The van der Waals surface area contributed by atoms with Crippen molar-refractivity contribution in [3.63, 3.8) is 0 Å². The highest BCUT2D eigenvalue weighted by molar-refractivity contribution is 9.10. The standard InChI is InChI=1S/C31H33BrClFN2O2S/c32-24-16-14-23(15-17-24)19-36(30(37)21-39-20-26-27(33)12-7-13-28(26)34)29(18-22-8-3-1-4-9-22)31(38)35-25-10-5-2-6-11-25/h1,3-4,7-9,12-17,25,29H,2,5-6,10-11,18-21H2,(H,35,38)/t29-/m1/s1. The number of carbonyl (C=O) groups is 2. The van der Waals surface area contributed by atoms with Gasteiger partial charge in [-0.05, 0) is 48.2 Å². The van der Waals surface area contributed by atoms with Crippen molar-refractivity contribution in [2.24, 2.45) is 0 Å². The molecular weight excluding hydrogens is 599 g/mol. The largest absolute Gasteiger partial charge is 0.352 e. The van der Waals surface area contributed by atoms with Crippen molar-refractivity contribution < 1.29 is 14.0 Å². The van der Waals surface area contributed by atoms with E-state index in [0.717, 1.165) is 41.3 Å². The quantitative estimate of drug-likeness (QED) is 0.238. The molecule has 3 aromatic rings. The average Bonchev–Trinajstić information content (AvgIpc) is 2.94. The van der Waals surface area contributed by atoms with Crippen LogP contribution in [0, 0.1) is 5.82 Å². The van der Waals surface area contributed by atoms with Crippen LogP contribution in [0.15, 0.2) is 77.3 Å². The number of carbonyl (C=O) groups excluding carboxylic acids is 2. The van der Waals surface area contributed by atoms with Gasteiger partial charge in [0.15, 0.2) is 0 Å². The molecule has 0 aromatic heterocycles. The topological polar surface area (TPSA) is 49.4 Å². The smallest absolute Gasteiger partial charge is 0.243 e. The molecule has 1 N–H and O–H groups in total. The Balaban J connectivity index is 1.57. The summed E-state index contributed by atoms with van der Waals surface area (Å²) in [6, 6.07) is 21.6. The summed E-state index contributed by atoms with van der Waals surface area (Å²) in [6.45, 7) is 0.294. The molecule has 8 heteroatoms. The Labute approximate surface area is 247 Å². The van der Waals surface area contributed by atoms with Gasteiger partial charge in [0.05, 0.1) is 5.75 Å². The van der Waals surface area contributed by atoms with Crippen LogP contribution >= 0.6 is 39.3 Å². The van der Waals surface area contributed by atoms with Crippen LogP contribution in [0.4, 0.5) is 4.39 Å². The van der Waals surface area contributed by atoms with Crippen molar-refractivity contribution >= 4 is 51.1 Å². The summed E-state index contributed by atoms with van der Waals surface area (Å²) in [5, 5.41) is 3.60. The first-order chi connectivity index (χ1) is 18.9. The molecule has 0 heterocycles. The van der Waals surface area contributed by atoms with E-state index in [1.54, 1.807) is 17.0 Å². The van der Waals surface area contributed by atoms with Crippen molar-refractivity contribution in [1.82, 2.24) is 10.2 Å². The van der Waals surface area contributed by atoms with Crippen LogP contribution in [0.1, 0.15) is 48.8 Å². The number of hydrogen-bond donors (Lipinski definition) is 1. The van der Waals surface area contributed by atoms with Crippen LogP contribution in [0.3, 0.4) is 0 Å². The molecule has 1 saturated carbocycles. The fraction of sp³-hybridized carbons (Fsp3) is 0.355. The second-order valence-corrected chi connectivity index (χ2v) is 12.2. The summed E-state index contributed by atoms with van der Waals surface area (Å²) in [7, 11) is 0. The SMILES string of the molecule is O=C(NC1CCCCC1)[C@@H](Cc1ccccc1)N(Cc1ccc(Br)cc1)C(=O)CSCc1c(F)cccc1Cl. The minimum absolute atomic E-state index is 0.100. The number of amides is 2. The molecule has 1 fully saturated rings. The molecule has 4 rings (SSSR count). The van der Waals surface area contributed by atoms with Gasteiger partial charge in [-0.15, -0.1) is 11.8 Å². The normalized spacial score (nSPS) is 14.5. The third kappa shape index (κ3) is 8.82. The summed E-state index contributed by atoms with van der Waals surface area (Å²) >= 11 is 11.0. The molecule has 0 aliphatic heterocycles. The van der Waals surface area contributed by atoms with Gasteiger partial charge in [0.25, 0.3) is 0 Å². The molecule has 3 aromatic carbocycles. The lowest BCUT2D eigenvalue weighted by molar-refractivity contribution is -0.139. The van der Waals surface area contributed by atoms with Crippen LogP contribution in [0.25, 0.3) is 0 Å². The molecule has 1 aliphatic carbocycles. The minimum Gasteiger partial charge on any atom is -0.352 e. The van der Waals surface area contributed by atoms with E-state index in [2.05, 4.69) is 21.2 Å². The highest BCUT2D eigenvalue weighted by atomic mass is 79.9.